The van der Waals surface area contributed by atoms with E-state index in [1.807, 2.05) is 0 Å². The Bertz CT molecular complexity index is 622. The Kier molecular flexibility index (Phi) is 4.70. The number of piperidine rings is 1. The largest absolute Gasteiger partial charge is 0.493 e. The minimum absolute atomic E-state index is 0.197. The number of nitrogens with one attached hydrogen (secondary N) is 1. The van der Waals surface area contributed by atoms with Crippen LogP contribution >= 0.6 is 0 Å². The molecule has 1 aromatic rings. The number of hydrogen-bond acceptors (Lipinski definition) is 4. The van der Waals surface area contributed by atoms with Gasteiger partial charge in [-0.05, 0) is 37.0 Å². The van der Waals surface area contributed by atoms with Crippen molar-refractivity contribution in [2.75, 3.05) is 25.4 Å². The van der Waals surface area contributed by atoms with E-state index in [9.17, 15) is 8.42 Å². The molecule has 0 radical (unpaired) electrons. The molecule has 122 valence electrons. The topological polar surface area (TPSA) is 58.6 Å². The van der Waals surface area contributed by atoms with Gasteiger partial charge in [-0.25, -0.2) is 12.7 Å². The van der Waals surface area contributed by atoms with Gasteiger partial charge >= 0.3 is 0 Å². The van der Waals surface area contributed by atoms with Crippen LogP contribution in [0.3, 0.4) is 0 Å². The molecule has 2 aliphatic heterocycles. The van der Waals surface area contributed by atoms with E-state index in [2.05, 4.69) is 23.5 Å². The summed E-state index contributed by atoms with van der Waals surface area (Å²) in [7, 11) is -3.03. The number of hydrogen-bond donors (Lipinski definition) is 1. The maximum absolute atomic E-state index is 11.8. The van der Waals surface area contributed by atoms with Crippen molar-refractivity contribution in [1.29, 1.82) is 0 Å². The van der Waals surface area contributed by atoms with Crippen LogP contribution in [-0.4, -0.2) is 44.2 Å². The summed E-state index contributed by atoms with van der Waals surface area (Å²) in [5.74, 6) is 1.21. The first-order chi connectivity index (χ1) is 10.6. The molecule has 2 heterocycles. The smallest absolute Gasteiger partial charge is 0.213 e. The van der Waals surface area contributed by atoms with Crippen LogP contribution in [0, 0.1) is 0 Å². The Hall–Kier alpha value is -1.11. The first-order valence-corrected chi connectivity index (χ1v) is 9.65. The van der Waals surface area contributed by atoms with E-state index in [1.165, 1.54) is 11.1 Å². The highest BCUT2D eigenvalue weighted by Crippen LogP contribution is 2.26. The quantitative estimate of drug-likeness (QED) is 0.892. The molecule has 0 atom stereocenters. The van der Waals surface area contributed by atoms with E-state index >= 15 is 0 Å². The third-order valence-electron chi connectivity index (χ3n) is 4.56. The maximum atomic E-state index is 11.8. The lowest BCUT2D eigenvalue weighted by Gasteiger charge is -2.31. The van der Waals surface area contributed by atoms with Gasteiger partial charge in [0.25, 0.3) is 0 Å². The molecule has 6 heteroatoms. The van der Waals surface area contributed by atoms with Crippen LogP contribution in [0.5, 0.6) is 5.75 Å². The molecule has 1 aromatic carbocycles. The van der Waals surface area contributed by atoms with Gasteiger partial charge in [0.2, 0.25) is 10.0 Å². The second-order valence-electron chi connectivity index (χ2n) is 6.00. The van der Waals surface area contributed by atoms with Crippen molar-refractivity contribution in [3.63, 3.8) is 0 Å². The highest BCUT2D eigenvalue weighted by Gasteiger charge is 2.26. The third kappa shape index (κ3) is 3.45. The number of fused-ring (bicyclic) bond motifs is 1. The average Bonchev–Trinajstić information content (AvgIpc) is 3.01. The molecular formula is C16H24N2O3S. The predicted molar refractivity (Wildman–Crippen MR) is 86.5 cm³/mol. The molecule has 0 saturated carbocycles. The number of rotatable bonds is 5. The fourth-order valence-corrected chi connectivity index (χ4v) is 4.27. The van der Waals surface area contributed by atoms with Crippen LogP contribution in [0.2, 0.25) is 0 Å². The zero-order valence-corrected chi connectivity index (χ0v) is 13.9. The van der Waals surface area contributed by atoms with Gasteiger partial charge in [0.15, 0.2) is 0 Å². The van der Waals surface area contributed by atoms with Crippen molar-refractivity contribution in [3.8, 4) is 5.75 Å². The van der Waals surface area contributed by atoms with Crippen molar-refractivity contribution in [2.45, 2.75) is 38.8 Å². The summed E-state index contributed by atoms with van der Waals surface area (Å²) in [4.78, 5) is 0. The first kappa shape index (κ1) is 15.8. The van der Waals surface area contributed by atoms with Crippen LogP contribution in [0.1, 0.15) is 30.9 Å². The van der Waals surface area contributed by atoms with Crippen molar-refractivity contribution >= 4 is 10.0 Å². The summed E-state index contributed by atoms with van der Waals surface area (Å²) in [5.41, 5.74) is 2.57. The molecule has 0 spiro atoms. The van der Waals surface area contributed by atoms with Gasteiger partial charge in [-0.1, -0.05) is 12.1 Å². The van der Waals surface area contributed by atoms with Gasteiger partial charge in [-0.2, -0.15) is 0 Å². The van der Waals surface area contributed by atoms with Crippen molar-refractivity contribution in [1.82, 2.24) is 9.62 Å². The number of sulfonamides is 1. The van der Waals surface area contributed by atoms with Gasteiger partial charge in [-0.3, -0.25) is 0 Å². The molecule has 0 aliphatic carbocycles. The van der Waals surface area contributed by atoms with Gasteiger partial charge in [0.05, 0.1) is 12.4 Å². The summed E-state index contributed by atoms with van der Waals surface area (Å²) in [6, 6.07) is 6.77. The van der Waals surface area contributed by atoms with E-state index in [4.69, 9.17) is 4.74 Å². The van der Waals surface area contributed by atoms with E-state index < -0.39 is 10.0 Å². The average molecular weight is 324 g/mol. The highest BCUT2D eigenvalue weighted by molar-refractivity contribution is 7.89. The Morgan fingerprint density at radius 3 is 2.82 bits per heavy atom. The number of nitrogens with zero attached hydrogens (tertiary/aromatic N) is 1. The molecule has 0 amide bonds. The molecule has 22 heavy (non-hydrogen) atoms. The van der Waals surface area contributed by atoms with Crippen LogP contribution in [-0.2, 0) is 23.0 Å². The summed E-state index contributed by atoms with van der Waals surface area (Å²) in [6.07, 6.45) is 2.76. The van der Waals surface area contributed by atoms with Crippen LogP contribution < -0.4 is 10.1 Å². The zero-order valence-electron chi connectivity index (χ0n) is 13.0. The van der Waals surface area contributed by atoms with Gasteiger partial charge in [-0.15, -0.1) is 0 Å². The van der Waals surface area contributed by atoms with Gasteiger partial charge in [0.1, 0.15) is 5.75 Å². The van der Waals surface area contributed by atoms with E-state index in [1.54, 1.807) is 11.2 Å². The van der Waals surface area contributed by atoms with Crippen LogP contribution in [0.15, 0.2) is 18.2 Å². The maximum Gasteiger partial charge on any atom is 0.213 e. The van der Waals surface area contributed by atoms with E-state index in [0.717, 1.165) is 38.2 Å². The molecule has 1 fully saturated rings. The second kappa shape index (κ2) is 6.56. The Balaban J connectivity index is 1.49. The van der Waals surface area contributed by atoms with Crippen molar-refractivity contribution in [2.24, 2.45) is 0 Å². The Labute approximate surface area is 132 Å². The summed E-state index contributed by atoms with van der Waals surface area (Å²) >= 11 is 0. The van der Waals surface area contributed by atoms with Gasteiger partial charge < -0.3 is 10.1 Å². The van der Waals surface area contributed by atoms with E-state index in [-0.39, 0.29) is 5.75 Å². The number of benzene rings is 1. The van der Waals surface area contributed by atoms with Crippen LogP contribution in [0.4, 0.5) is 0 Å². The molecule has 0 aromatic heterocycles. The molecule has 1 N–H and O–H groups in total. The molecule has 5 nitrogen and oxygen atoms in total. The van der Waals surface area contributed by atoms with E-state index in [0.29, 0.717) is 19.1 Å². The highest BCUT2D eigenvalue weighted by atomic mass is 32.2. The molecular weight excluding hydrogens is 300 g/mol. The minimum atomic E-state index is -3.03. The molecule has 3 rings (SSSR count). The molecule has 0 bridgehead atoms. The molecule has 1 saturated heterocycles. The Morgan fingerprint density at radius 2 is 2.09 bits per heavy atom. The zero-order chi connectivity index (χ0) is 15.6. The summed E-state index contributed by atoms with van der Waals surface area (Å²) in [5, 5.41) is 3.56. The summed E-state index contributed by atoms with van der Waals surface area (Å²) < 4.78 is 30.8. The minimum Gasteiger partial charge on any atom is -0.493 e. The first-order valence-electron chi connectivity index (χ1n) is 8.04. The lowest BCUT2D eigenvalue weighted by atomic mass is 10.1. The number of ether oxygens (including phenoxy) is 1. The Morgan fingerprint density at radius 1 is 1.32 bits per heavy atom. The predicted octanol–water partition coefficient (Wildman–Crippen LogP) is 1.53. The lowest BCUT2D eigenvalue weighted by molar-refractivity contribution is 0.289. The molecule has 0 unspecified atom stereocenters. The fraction of sp³-hybridized carbons (Fsp3) is 0.625. The van der Waals surface area contributed by atoms with Crippen molar-refractivity contribution < 1.29 is 13.2 Å². The van der Waals surface area contributed by atoms with Gasteiger partial charge in [0, 0.05) is 32.1 Å². The fourth-order valence-electron chi connectivity index (χ4n) is 3.13. The lowest BCUT2D eigenvalue weighted by Crippen LogP contribution is -2.45. The monoisotopic (exact) mass is 324 g/mol. The standard InChI is InChI=1S/C16H24N2O3S/c1-2-22(19,20)18-8-5-15(6-9-18)17-12-13-3-4-16-14(11-13)7-10-21-16/h3-4,11,15,17H,2,5-10,12H2,1H3. The third-order valence-corrected chi connectivity index (χ3v) is 6.44. The summed E-state index contributed by atoms with van der Waals surface area (Å²) in [6.45, 7) is 4.59. The van der Waals surface area contributed by atoms with Crippen LogP contribution in [0.25, 0.3) is 0 Å². The SMILES string of the molecule is CCS(=O)(=O)N1CCC(NCc2ccc3c(c2)CCO3)CC1. The molecule has 2 aliphatic rings. The normalized spacial score (nSPS) is 19.9. The van der Waals surface area contributed by atoms with Crippen molar-refractivity contribution in [3.05, 3.63) is 29.3 Å². The second-order valence-corrected chi connectivity index (χ2v) is 8.25.